The Kier molecular flexibility index (Phi) is 5.07. The average Bonchev–Trinajstić information content (AvgIpc) is 2.76. The first-order valence-corrected chi connectivity index (χ1v) is 7.19. The quantitative estimate of drug-likeness (QED) is 0.875. The molecule has 0 saturated carbocycles. The number of amides is 1. The summed E-state index contributed by atoms with van der Waals surface area (Å²) in [6.45, 7) is 4.14. The van der Waals surface area contributed by atoms with Gasteiger partial charge in [0.1, 0.15) is 10.0 Å². The molecule has 0 aromatic carbocycles. The molecular weight excluding hydrogens is 250 g/mol. The van der Waals surface area contributed by atoms with Crippen molar-refractivity contribution in [2.45, 2.75) is 32.6 Å². The van der Waals surface area contributed by atoms with Gasteiger partial charge < -0.3 is 10.1 Å². The van der Waals surface area contributed by atoms with Crippen molar-refractivity contribution in [2.75, 3.05) is 19.8 Å². The van der Waals surface area contributed by atoms with Gasteiger partial charge in [0.25, 0.3) is 0 Å². The van der Waals surface area contributed by atoms with Crippen LogP contribution in [0.5, 0.6) is 0 Å². The number of ether oxygens (including phenoxy) is 1. The lowest BCUT2D eigenvalue weighted by atomic mass is 9.98. The summed E-state index contributed by atoms with van der Waals surface area (Å²) in [7, 11) is 0. The maximum Gasteiger partial charge on any atom is 0.220 e. The minimum absolute atomic E-state index is 0.117. The lowest BCUT2D eigenvalue weighted by Crippen LogP contribution is -2.30. The fourth-order valence-corrected chi connectivity index (χ4v) is 2.76. The van der Waals surface area contributed by atoms with Gasteiger partial charge in [-0.05, 0) is 25.7 Å². The summed E-state index contributed by atoms with van der Waals surface area (Å²) >= 11 is 1.58. The zero-order valence-electron chi connectivity index (χ0n) is 10.6. The molecule has 1 aromatic rings. The van der Waals surface area contributed by atoms with Crippen LogP contribution in [0.4, 0.5) is 0 Å². The van der Waals surface area contributed by atoms with Crippen molar-refractivity contribution < 1.29 is 9.53 Å². The van der Waals surface area contributed by atoms with Gasteiger partial charge in [0.15, 0.2) is 0 Å². The number of hydrogen-bond acceptors (Lipinski definition) is 5. The van der Waals surface area contributed by atoms with Crippen LogP contribution in [0.2, 0.25) is 0 Å². The fraction of sp³-hybridized carbons (Fsp3) is 0.750. The maximum absolute atomic E-state index is 11.7. The molecule has 1 aromatic heterocycles. The second-order valence-electron chi connectivity index (χ2n) is 4.60. The molecule has 100 valence electrons. The Morgan fingerprint density at radius 1 is 1.56 bits per heavy atom. The van der Waals surface area contributed by atoms with Gasteiger partial charge in [0.05, 0.1) is 0 Å². The molecule has 0 radical (unpaired) electrons. The number of nitrogens with zero attached hydrogens (tertiary/aromatic N) is 2. The van der Waals surface area contributed by atoms with Gasteiger partial charge in [-0.25, -0.2) is 0 Å². The average molecular weight is 269 g/mol. The van der Waals surface area contributed by atoms with E-state index in [1.807, 2.05) is 6.92 Å². The Hall–Kier alpha value is -1.01. The molecule has 0 unspecified atom stereocenters. The topological polar surface area (TPSA) is 64.1 Å². The van der Waals surface area contributed by atoms with Crippen molar-refractivity contribution in [1.82, 2.24) is 15.5 Å². The maximum atomic E-state index is 11.7. The van der Waals surface area contributed by atoms with Crippen LogP contribution >= 0.6 is 11.3 Å². The standard InChI is InChI=1S/C12H19N3O2S/c1-9-14-15-12(18-9)4-5-13-11(16)7-10-3-2-6-17-8-10/h10H,2-8H2,1H3,(H,13,16)/t10-/m1/s1. The van der Waals surface area contributed by atoms with Gasteiger partial charge in [0, 0.05) is 32.6 Å². The third-order valence-electron chi connectivity index (χ3n) is 2.96. The van der Waals surface area contributed by atoms with Crippen molar-refractivity contribution in [3.05, 3.63) is 10.0 Å². The summed E-state index contributed by atoms with van der Waals surface area (Å²) in [6, 6.07) is 0. The van der Waals surface area contributed by atoms with E-state index >= 15 is 0 Å². The normalized spacial score (nSPS) is 19.7. The zero-order chi connectivity index (χ0) is 12.8. The van der Waals surface area contributed by atoms with Crippen LogP contribution < -0.4 is 5.32 Å². The highest BCUT2D eigenvalue weighted by Crippen LogP contribution is 2.16. The fourth-order valence-electron chi connectivity index (χ4n) is 2.05. The van der Waals surface area contributed by atoms with E-state index in [-0.39, 0.29) is 5.91 Å². The largest absolute Gasteiger partial charge is 0.381 e. The number of rotatable bonds is 5. The van der Waals surface area contributed by atoms with Gasteiger partial charge in [-0.1, -0.05) is 0 Å². The summed E-state index contributed by atoms with van der Waals surface area (Å²) in [5.41, 5.74) is 0. The SMILES string of the molecule is Cc1nnc(CCNC(=O)C[C@H]2CCCOC2)s1. The first kappa shape index (κ1) is 13.4. The molecule has 1 saturated heterocycles. The lowest BCUT2D eigenvalue weighted by Gasteiger charge is -2.21. The molecule has 2 rings (SSSR count). The number of aryl methyl sites for hydroxylation is 1. The Balaban J connectivity index is 1.62. The van der Waals surface area contributed by atoms with Crippen molar-refractivity contribution in [2.24, 2.45) is 5.92 Å². The number of aromatic nitrogens is 2. The summed E-state index contributed by atoms with van der Waals surface area (Å²) in [6.07, 6.45) is 3.51. The van der Waals surface area contributed by atoms with Gasteiger partial charge in [-0.15, -0.1) is 21.5 Å². The predicted octanol–water partition coefficient (Wildman–Crippen LogP) is 1.32. The van der Waals surface area contributed by atoms with E-state index in [1.165, 1.54) is 0 Å². The monoisotopic (exact) mass is 269 g/mol. The van der Waals surface area contributed by atoms with Crippen LogP contribution in [0, 0.1) is 12.8 Å². The summed E-state index contributed by atoms with van der Waals surface area (Å²) < 4.78 is 5.36. The van der Waals surface area contributed by atoms with E-state index < -0.39 is 0 Å². The van der Waals surface area contributed by atoms with Gasteiger partial charge >= 0.3 is 0 Å². The molecular formula is C12H19N3O2S. The highest BCUT2D eigenvalue weighted by Gasteiger charge is 2.17. The molecule has 5 nitrogen and oxygen atoms in total. The molecule has 6 heteroatoms. The Morgan fingerprint density at radius 3 is 3.11 bits per heavy atom. The molecule has 0 aliphatic carbocycles. The molecule has 0 spiro atoms. The van der Waals surface area contributed by atoms with Crippen LogP contribution in [-0.4, -0.2) is 35.9 Å². The lowest BCUT2D eigenvalue weighted by molar-refractivity contribution is -0.123. The van der Waals surface area contributed by atoms with Crippen LogP contribution in [0.25, 0.3) is 0 Å². The van der Waals surface area contributed by atoms with E-state index in [0.717, 1.165) is 42.5 Å². The van der Waals surface area contributed by atoms with Gasteiger partial charge in [0.2, 0.25) is 5.91 Å². The third-order valence-corrected chi connectivity index (χ3v) is 3.86. The molecule has 0 bridgehead atoms. The van der Waals surface area contributed by atoms with Crippen molar-refractivity contribution in [1.29, 1.82) is 0 Å². The van der Waals surface area contributed by atoms with Gasteiger partial charge in [-0.3, -0.25) is 4.79 Å². The van der Waals surface area contributed by atoms with E-state index in [0.29, 0.717) is 18.9 Å². The van der Waals surface area contributed by atoms with Crippen LogP contribution in [0.15, 0.2) is 0 Å². The van der Waals surface area contributed by atoms with Crippen LogP contribution in [-0.2, 0) is 16.0 Å². The zero-order valence-corrected chi connectivity index (χ0v) is 11.5. The van der Waals surface area contributed by atoms with E-state index in [4.69, 9.17) is 4.74 Å². The second-order valence-corrected chi connectivity index (χ2v) is 5.87. The van der Waals surface area contributed by atoms with Crippen LogP contribution in [0.1, 0.15) is 29.3 Å². The van der Waals surface area contributed by atoms with E-state index in [9.17, 15) is 4.79 Å². The summed E-state index contributed by atoms with van der Waals surface area (Å²) in [5.74, 6) is 0.509. The molecule has 1 fully saturated rings. The molecule has 1 aliphatic heterocycles. The van der Waals surface area contributed by atoms with Crippen molar-refractivity contribution in [3.63, 3.8) is 0 Å². The first-order chi connectivity index (χ1) is 8.74. The number of hydrogen-bond donors (Lipinski definition) is 1. The first-order valence-electron chi connectivity index (χ1n) is 6.37. The van der Waals surface area contributed by atoms with E-state index in [1.54, 1.807) is 11.3 Å². The third kappa shape index (κ3) is 4.34. The Labute approximate surface area is 111 Å². The van der Waals surface area contributed by atoms with Crippen molar-refractivity contribution in [3.8, 4) is 0 Å². The predicted molar refractivity (Wildman–Crippen MR) is 69.5 cm³/mol. The van der Waals surface area contributed by atoms with Crippen LogP contribution in [0.3, 0.4) is 0 Å². The Morgan fingerprint density at radius 2 is 2.44 bits per heavy atom. The molecule has 1 N–H and O–H groups in total. The molecule has 2 heterocycles. The number of nitrogens with one attached hydrogen (secondary N) is 1. The summed E-state index contributed by atoms with van der Waals surface area (Å²) in [4.78, 5) is 11.7. The number of carbonyl (C=O) groups excluding carboxylic acids is 1. The molecule has 1 amide bonds. The highest BCUT2D eigenvalue weighted by atomic mass is 32.1. The number of carbonyl (C=O) groups is 1. The Bertz CT molecular complexity index is 388. The smallest absolute Gasteiger partial charge is 0.220 e. The minimum atomic E-state index is 0.117. The molecule has 1 atom stereocenters. The molecule has 18 heavy (non-hydrogen) atoms. The van der Waals surface area contributed by atoms with E-state index in [2.05, 4.69) is 15.5 Å². The second kappa shape index (κ2) is 6.80. The highest BCUT2D eigenvalue weighted by molar-refractivity contribution is 7.11. The summed E-state index contributed by atoms with van der Waals surface area (Å²) in [5, 5.41) is 12.9. The minimum Gasteiger partial charge on any atom is -0.381 e. The van der Waals surface area contributed by atoms with Gasteiger partial charge in [-0.2, -0.15) is 0 Å². The molecule has 1 aliphatic rings. The van der Waals surface area contributed by atoms with Crippen molar-refractivity contribution >= 4 is 17.2 Å².